The third-order valence-electron chi connectivity index (χ3n) is 1.72. The molecule has 1 aromatic heterocycles. The molecule has 0 aromatic carbocycles. The maximum Gasteiger partial charge on any atom is 0.357 e. The van der Waals surface area contributed by atoms with Gasteiger partial charge in [-0.2, -0.15) is 11.8 Å². The van der Waals surface area contributed by atoms with Crippen molar-refractivity contribution in [3.05, 3.63) is 11.2 Å². The van der Waals surface area contributed by atoms with Gasteiger partial charge in [0.1, 0.15) is 5.00 Å². The van der Waals surface area contributed by atoms with Crippen molar-refractivity contribution in [1.29, 1.82) is 0 Å². The lowest BCUT2D eigenvalue weighted by atomic mass is 10.4. The SMILES string of the molecule is CCSCC(C)Nc1scnc1C(=O)O. The summed E-state index contributed by atoms with van der Waals surface area (Å²) < 4.78 is 0. The first-order valence-electron chi connectivity index (χ1n) is 4.66. The number of nitrogens with zero attached hydrogens (tertiary/aromatic N) is 1. The zero-order valence-electron chi connectivity index (χ0n) is 8.69. The van der Waals surface area contributed by atoms with E-state index in [0.29, 0.717) is 5.00 Å². The van der Waals surface area contributed by atoms with Crippen molar-refractivity contribution in [2.24, 2.45) is 0 Å². The van der Waals surface area contributed by atoms with Gasteiger partial charge in [0.25, 0.3) is 0 Å². The lowest BCUT2D eigenvalue weighted by Gasteiger charge is -2.12. The molecule has 6 heteroatoms. The highest BCUT2D eigenvalue weighted by molar-refractivity contribution is 7.99. The number of aromatic nitrogens is 1. The minimum Gasteiger partial charge on any atom is -0.476 e. The molecule has 84 valence electrons. The molecule has 1 rings (SSSR count). The second-order valence-corrected chi connectivity index (χ2v) is 5.21. The predicted octanol–water partition coefficient (Wildman–Crippen LogP) is 2.39. The fourth-order valence-electron chi connectivity index (χ4n) is 1.06. The summed E-state index contributed by atoms with van der Waals surface area (Å²) >= 11 is 3.15. The summed E-state index contributed by atoms with van der Waals surface area (Å²) in [5, 5.41) is 12.6. The molecule has 15 heavy (non-hydrogen) atoms. The molecule has 1 unspecified atom stereocenters. The average molecular weight is 246 g/mol. The number of hydrogen-bond donors (Lipinski definition) is 2. The Morgan fingerprint density at radius 3 is 3.13 bits per heavy atom. The lowest BCUT2D eigenvalue weighted by molar-refractivity contribution is 0.0692. The summed E-state index contributed by atoms with van der Waals surface area (Å²) in [6, 6.07) is 0.258. The summed E-state index contributed by atoms with van der Waals surface area (Å²) in [4.78, 5) is 14.6. The molecule has 0 radical (unpaired) electrons. The molecule has 0 saturated carbocycles. The van der Waals surface area contributed by atoms with Crippen LogP contribution in [0.2, 0.25) is 0 Å². The van der Waals surface area contributed by atoms with Gasteiger partial charge in [0, 0.05) is 11.8 Å². The topological polar surface area (TPSA) is 62.2 Å². The average Bonchev–Trinajstić information content (AvgIpc) is 2.62. The monoisotopic (exact) mass is 246 g/mol. The largest absolute Gasteiger partial charge is 0.476 e. The Hall–Kier alpha value is -0.750. The number of anilines is 1. The minimum absolute atomic E-state index is 0.119. The van der Waals surface area contributed by atoms with Crippen molar-refractivity contribution in [1.82, 2.24) is 4.98 Å². The van der Waals surface area contributed by atoms with Crippen molar-refractivity contribution in [2.75, 3.05) is 16.8 Å². The van der Waals surface area contributed by atoms with Crippen LogP contribution < -0.4 is 5.32 Å². The summed E-state index contributed by atoms with van der Waals surface area (Å²) in [7, 11) is 0. The first-order valence-corrected chi connectivity index (χ1v) is 6.69. The van der Waals surface area contributed by atoms with E-state index in [-0.39, 0.29) is 11.7 Å². The van der Waals surface area contributed by atoms with Crippen molar-refractivity contribution in [3.8, 4) is 0 Å². The molecule has 0 aliphatic carbocycles. The van der Waals surface area contributed by atoms with Crippen LogP contribution in [0, 0.1) is 0 Å². The molecule has 1 heterocycles. The van der Waals surface area contributed by atoms with E-state index in [1.54, 1.807) is 5.51 Å². The van der Waals surface area contributed by atoms with Crippen LogP contribution in [0.3, 0.4) is 0 Å². The number of carbonyl (C=O) groups is 1. The van der Waals surface area contributed by atoms with Gasteiger partial charge in [0.2, 0.25) is 0 Å². The zero-order valence-corrected chi connectivity index (χ0v) is 10.3. The van der Waals surface area contributed by atoms with E-state index in [1.165, 1.54) is 11.3 Å². The van der Waals surface area contributed by atoms with E-state index in [2.05, 4.69) is 17.2 Å². The third-order valence-corrected chi connectivity index (χ3v) is 3.62. The molecular weight excluding hydrogens is 232 g/mol. The Morgan fingerprint density at radius 1 is 1.80 bits per heavy atom. The number of rotatable bonds is 6. The molecule has 2 N–H and O–H groups in total. The molecular formula is C9H14N2O2S2. The molecule has 0 spiro atoms. The molecule has 4 nitrogen and oxygen atoms in total. The Bertz CT molecular complexity index is 328. The van der Waals surface area contributed by atoms with Gasteiger partial charge >= 0.3 is 5.97 Å². The van der Waals surface area contributed by atoms with Crippen molar-refractivity contribution in [2.45, 2.75) is 19.9 Å². The fraction of sp³-hybridized carbons (Fsp3) is 0.556. The summed E-state index contributed by atoms with van der Waals surface area (Å²) in [5.41, 5.74) is 1.67. The third kappa shape index (κ3) is 3.71. The zero-order chi connectivity index (χ0) is 11.3. The van der Waals surface area contributed by atoms with Gasteiger partial charge in [-0.25, -0.2) is 9.78 Å². The van der Waals surface area contributed by atoms with Gasteiger partial charge < -0.3 is 10.4 Å². The lowest BCUT2D eigenvalue weighted by Crippen LogP contribution is -2.19. The Labute approximate surface area is 97.1 Å². The van der Waals surface area contributed by atoms with Crippen LogP contribution in [0.5, 0.6) is 0 Å². The number of nitrogens with one attached hydrogen (secondary N) is 1. The van der Waals surface area contributed by atoms with E-state index in [0.717, 1.165) is 11.5 Å². The molecule has 0 fully saturated rings. The maximum atomic E-state index is 10.8. The number of carboxylic acid groups (broad SMARTS) is 1. The van der Waals surface area contributed by atoms with Gasteiger partial charge in [-0.1, -0.05) is 6.92 Å². The second kappa shape index (κ2) is 5.97. The summed E-state index contributed by atoms with van der Waals surface area (Å²) in [6.07, 6.45) is 0. The highest BCUT2D eigenvalue weighted by Gasteiger charge is 2.14. The Balaban J connectivity index is 2.56. The van der Waals surface area contributed by atoms with E-state index in [9.17, 15) is 4.79 Å². The van der Waals surface area contributed by atoms with Crippen molar-refractivity contribution >= 4 is 34.1 Å². The highest BCUT2D eigenvalue weighted by atomic mass is 32.2. The van der Waals surface area contributed by atoms with Gasteiger partial charge in [0.05, 0.1) is 5.51 Å². The second-order valence-electron chi connectivity index (χ2n) is 3.04. The van der Waals surface area contributed by atoms with Crippen LogP contribution in [-0.4, -0.2) is 33.6 Å². The number of aromatic carboxylic acids is 1. The maximum absolute atomic E-state index is 10.8. The highest BCUT2D eigenvalue weighted by Crippen LogP contribution is 2.21. The fourth-order valence-corrected chi connectivity index (χ4v) is 2.52. The number of thiazole rings is 1. The first kappa shape index (κ1) is 12.3. The van der Waals surface area contributed by atoms with E-state index < -0.39 is 5.97 Å². The van der Waals surface area contributed by atoms with Crippen LogP contribution >= 0.6 is 23.1 Å². The van der Waals surface area contributed by atoms with Gasteiger partial charge in [0.15, 0.2) is 5.69 Å². The summed E-state index contributed by atoms with van der Waals surface area (Å²) in [5.74, 6) is 1.06. The quantitative estimate of drug-likeness (QED) is 0.807. The molecule has 0 amide bonds. The number of carboxylic acids is 1. The minimum atomic E-state index is -0.978. The number of thioether (sulfide) groups is 1. The molecule has 0 aliphatic rings. The van der Waals surface area contributed by atoms with E-state index in [1.807, 2.05) is 18.7 Å². The van der Waals surface area contributed by atoms with Crippen LogP contribution in [0.15, 0.2) is 5.51 Å². The van der Waals surface area contributed by atoms with Gasteiger partial charge in [-0.05, 0) is 12.7 Å². The first-order chi connectivity index (χ1) is 7.15. The van der Waals surface area contributed by atoms with E-state index >= 15 is 0 Å². The number of hydrogen-bond acceptors (Lipinski definition) is 5. The van der Waals surface area contributed by atoms with Crippen LogP contribution in [-0.2, 0) is 0 Å². The van der Waals surface area contributed by atoms with E-state index in [4.69, 9.17) is 5.11 Å². The molecule has 1 atom stereocenters. The Kier molecular flexibility index (Phi) is 4.90. The molecule has 1 aromatic rings. The van der Waals surface area contributed by atoms with Crippen molar-refractivity contribution in [3.63, 3.8) is 0 Å². The molecule has 0 aliphatic heterocycles. The Morgan fingerprint density at radius 2 is 2.53 bits per heavy atom. The molecule has 0 bridgehead atoms. The molecule has 0 saturated heterocycles. The van der Waals surface area contributed by atoms with Crippen LogP contribution in [0.4, 0.5) is 5.00 Å². The smallest absolute Gasteiger partial charge is 0.357 e. The van der Waals surface area contributed by atoms with Crippen molar-refractivity contribution < 1.29 is 9.90 Å². The normalized spacial score (nSPS) is 12.4. The standard InChI is InChI=1S/C9H14N2O2S2/c1-3-14-4-6(2)11-8-7(9(12)13)10-5-15-8/h5-6,11H,3-4H2,1-2H3,(H,12,13). The van der Waals surface area contributed by atoms with Gasteiger partial charge in [-0.15, -0.1) is 11.3 Å². The van der Waals surface area contributed by atoms with Gasteiger partial charge in [-0.3, -0.25) is 0 Å². The predicted molar refractivity (Wildman–Crippen MR) is 65.2 cm³/mol. The van der Waals surface area contributed by atoms with Crippen LogP contribution in [0.1, 0.15) is 24.3 Å². The van der Waals surface area contributed by atoms with Crippen LogP contribution in [0.25, 0.3) is 0 Å². The summed E-state index contributed by atoms with van der Waals surface area (Å²) in [6.45, 7) is 4.14.